The third-order valence-corrected chi connectivity index (χ3v) is 2.07. The zero-order chi connectivity index (χ0) is 9.14. The van der Waals surface area contributed by atoms with Crippen molar-refractivity contribution in [2.75, 3.05) is 0 Å². The molecular weight excluding hydrogens is 218 g/mol. The maximum absolute atomic E-state index is 9.48. The van der Waals surface area contributed by atoms with Crippen LogP contribution in [0.4, 0.5) is 0 Å². The van der Waals surface area contributed by atoms with Crippen LogP contribution >= 0.6 is 15.9 Å². The highest BCUT2D eigenvalue weighted by Crippen LogP contribution is 2.26. The molecule has 0 unspecified atom stereocenters. The molecule has 0 amide bonds. The van der Waals surface area contributed by atoms with E-state index in [0.29, 0.717) is 5.56 Å². The van der Waals surface area contributed by atoms with E-state index in [1.54, 1.807) is 13.0 Å². The third kappa shape index (κ3) is 1.77. The zero-order valence-electron chi connectivity index (χ0n) is 6.63. The first-order valence-electron chi connectivity index (χ1n) is 3.50. The van der Waals surface area contributed by atoms with Crippen molar-refractivity contribution in [1.82, 2.24) is 0 Å². The van der Waals surface area contributed by atoms with Gasteiger partial charge in [-0.3, -0.25) is 0 Å². The van der Waals surface area contributed by atoms with Gasteiger partial charge in [-0.1, -0.05) is 15.9 Å². The van der Waals surface area contributed by atoms with Gasteiger partial charge in [-0.25, -0.2) is 0 Å². The Balaban J connectivity index is 3.20. The van der Waals surface area contributed by atoms with Crippen LogP contribution in [0, 0.1) is 18.3 Å². The standard InChI is InChI=1S/C9H8BrNO/c1-6-4-8(10)5-7(2-3-11)9(6)12/h4-5,12H,2H2,1H3. The van der Waals surface area contributed by atoms with Gasteiger partial charge in [0.05, 0.1) is 12.5 Å². The van der Waals surface area contributed by atoms with Gasteiger partial charge >= 0.3 is 0 Å². The average molecular weight is 226 g/mol. The maximum Gasteiger partial charge on any atom is 0.122 e. The Labute approximate surface area is 79.6 Å². The van der Waals surface area contributed by atoms with Crippen molar-refractivity contribution in [2.45, 2.75) is 13.3 Å². The first-order chi connectivity index (χ1) is 5.65. The van der Waals surface area contributed by atoms with Gasteiger partial charge in [0.25, 0.3) is 0 Å². The molecule has 1 aromatic rings. The molecule has 0 aliphatic carbocycles. The van der Waals surface area contributed by atoms with Crippen molar-refractivity contribution in [2.24, 2.45) is 0 Å². The van der Waals surface area contributed by atoms with Gasteiger partial charge in [0.2, 0.25) is 0 Å². The average Bonchev–Trinajstić information content (AvgIpc) is 2.00. The summed E-state index contributed by atoms with van der Waals surface area (Å²) in [5.74, 6) is 0.222. The summed E-state index contributed by atoms with van der Waals surface area (Å²) in [6.45, 7) is 1.81. The molecule has 3 heteroatoms. The molecule has 0 fully saturated rings. The largest absolute Gasteiger partial charge is 0.507 e. The van der Waals surface area contributed by atoms with Gasteiger partial charge in [0, 0.05) is 10.0 Å². The number of rotatable bonds is 1. The smallest absolute Gasteiger partial charge is 0.122 e. The molecule has 62 valence electrons. The monoisotopic (exact) mass is 225 g/mol. The predicted molar refractivity (Wildman–Crippen MR) is 49.9 cm³/mol. The van der Waals surface area contributed by atoms with Gasteiger partial charge in [0.1, 0.15) is 5.75 Å². The number of phenolic OH excluding ortho intramolecular Hbond substituents is 1. The minimum Gasteiger partial charge on any atom is -0.507 e. The maximum atomic E-state index is 9.48. The van der Waals surface area contributed by atoms with E-state index in [9.17, 15) is 5.11 Å². The van der Waals surface area contributed by atoms with Gasteiger partial charge in [-0.2, -0.15) is 5.26 Å². The molecule has 0 spiro atoms. The molecule has 0 aromatic heterocycles. The molecule has 0 bridgehead atoms. The number of halogens is 1. The zero-order valence-corrected chi connectivity index (χ0v) is 8.22. The highest BCUT2D eigenvalue weighted by molar-refractivity contribution is 9.10. The second kappa shape index (κ2) is 3.59. The number of aryl methyl sites for hydroxylation is 1. The lowest BCUT2D eigenvalue weighted by atomic mass is 10.1. The molecule has 0 aliphatic heterocycles. The Morgan fingerprint density at radius 3 is 2.83 bits per heavy atom. The van der Waals surface area contributed by atoms with Crippen molar-refractivity contribution >= 4 is 15.9 Å². The van der Waals surface area contributed by atoms with Crippen LogP contribution in [0.3, 0.4) is 0 Å². The van der Waals surface area contributed by atoms with Crippen LogP contribution in [0.5, 0.6) is 5.75 Å². The molecule has 1 rings (SSSR count). The second-order valence-electron chi connectivity index (χ2n) is 2.57. The first-order valence-corrected chi connectivity index (χ1v) is 4.29. The van der Waals surface area contributed by atoms with E-state index in [2.05, 4.69) is 15.9 Å². The van der Waals surface area contributed by atoms with Crippen molar-refractivity contribution in [1.29, 1.82) is 5.26 Å². The highest BCUT2D eigenvalue weighted by Gasteiger charge is 2.04. The lowest BCUT2D eigenvalue weighted by Gasteiger charge is -2.04. The number of nitriles is 1. The van der Waals surface area contributed by atoms with Gasteiger partial charge in [-0.15, -0.1) is 0 Å². The molecule has 0 radical (unpaired) electrons. The summed E-state index contributed by atoms with van der Waals surface area (Å²) in [4.78, 5) is 0. The topological polar surface area (TPSA) is 44.0 Å². The SMILES string of the molecule is Cc1cc(Br)cc(CC#N)c1O. The Morgan fingerprint density at radius 1 is 1.58 bits per heavy atom. The van der Waals surface area contributed by atoms with Crippen molar-refractivity contribution in [3.05, 3.63) is 27.7 Å². The molecule has 0 aliphatic rings. The summed E-state index contributed by atoms with van der Waals surface area (Å²) in [7, 11) is 0. The highest BCUT2D eigenvalue weighted by atomic mass is 79.9. The quantitative estimate of drug-likeness (QED) is 0.799. The molecule has 2 nitrogen and oxygen atoms in total. The number of phenols is 1. The number of hydrogen-bond acceptors (Lipinski definition) is 2. The fourth-order valence-electron chi connectivity index (χ4n) is 1.02. The van der Waals surface area contributed by atoms with Crippen LogP contribution in [-0.2, 0) is 6.42 Å². The molecule has 0 heterocycles. The van der Waals surface area contributed by atoms with Gasteiger partial charge < -0.3 is 5.11 Å². The molecule has 1 aromatic carbocycles. The van der Waals surface area contributed by atoms with Crippen LogP contribution in [-0.4, -0.2) is 5.11 Å². The fourth-order valence-corrected chi connectivity index (χ4v) is 1.64. The van der Waals surface area contributed by atoms with E-state index in [-0.39, 0.29) is 12.2 Å². The molecule has 1 N–H and O–H groups in total. The van der Waals surface area contributed by atoms with Crippen LogP contribution < -0.4 is 0 Å². The number of aromatic hydroxyl groups is 1. The Morgan fingerprint density at radius 2 is 2.25 bits per heavy atom. The van der Waals surface area contributed by atoms with Gasteiger partial charge in [-0.05, 0) is 24.6 Å². The van der Waals surface area contributed by atoms with Crippen molar-refractivity contribution in [3.63, 3.8) is 0 Å². The Hall–Kier alpha value is -1.01. The first kappa shape index (κ1) is 9.08. The van der Waals surface area contributed by atoms with Crippen LogP contribution in [0.2, 0.25) is 0 Å². The van der Waals surface area contributed by atoms with E-state index in [4.69, 9.17) is 5.26 Å². The Kier molecular flexibility index (Phi) is 2.72. The van der Waals surface area contributed by atoms with E-state index in [0.717, 1.165) is 10.0 Å². The normalized spacial score (nSPS) is 9.42. The summed E-state index contributed by atoms with van der Waals surface area (Å²) >= 11 is 3.30. The van der Waals surface area contributed by atoms with Gasteiger partial charge in [0.15, 0.2) is 0 Å². The van der Waals surface area contributed by atoms with E-state index in [1.165, 1.54) is 0 Å². The summed E-state index contributed by atoms with van der Waals surface area (Å²) in [6, 6.07) is 5.57. The second-order valence-corrected chi connectivity index (χ2v) is 3.48. The minimum atomic E-state index is 0.222. The molecule has 0 saturated heterocycles. The summed E-state index contributed by atoms with van der Waals surface area (Å²) in [5, 5.41) is 17.9. The molecule has 12 heavy (non-hydrogen) atoms. The van der Waals surface area contributed by atoms with E-state index < -0.39 is 0 Å². The number of nitrogens with zero attached hydrogens (tertiary/aromatic N) is 1. The summed E-state index contributed by atoms with van der Waals surface area (Å²) < 4.78 is 0.892. The number of benzene rings is 1. The molecule has 0 saturated carbocycles. The number of hydrogen-bond donors (Lipinski definition) is 1. The van der Waals surface area contributed by atoms with Crippen molar-refractivity contribution < 1.29 is 5.11 Å². The fraction of sp³-hybridized carbons (Fsp3) is 0.222. The van der Waals surface area contributed by atoms with E-state index >= 15 is 0 Å². The van der Waals surface area contributed by atoms with E-state index in [1.807, 2.05) is 12.1 Å². The lowest BCUT2D eigenvalue weighted by molar-refractivity contribution is 0.465. The molecular formula is C9H8BrNO. The van der Waals surface area contributed by atoms with Crippen LogP contribution in [0.25, 0.3) is 0 Å². The summed E-state index contributed by atoms with van der Waals surface area (Å²) in [6.07, 6.45) is 0.242. The summed E-state index contributed by atoms with van der Waals surface area (Å²) in [5.41, 5.74) is 1.46. The minimum absolute atomic E-state index is 0.222. The molecule has 0 atom stereocenters. The van der Waals surface area contributed by atoms with Crippen LogP contribution in [0.1, 0.15) is 11.1 Å². The predicted octanol–water partition coefficient (Wildman–Crippen LogP) is 2.53. The van der Waals surface area contributed by atoms with Crippen molar-refractivity contribution in [3.8, 4) is 11.8 Å². The van der Waals surface area contributed by atoms with Crippen LogP contribution in [0.15, 0.2) is 16.6 Å². The third-order valence-electron chi connectivity index (χ3n) is 1.61. The lowest BCUT2D eigenvalue weighted by Crippen LogP contribution is -1.86. The Bertz CT molecular complexity index is 341.